The van der Waals surface area contributed by atoms with Gasteiger partial charge in [-0.2, -0.15) is 0 Å². The highest BCUT2D eigenvalue weighted by Gasteiger charge is 2.39. The fraction of sp³-hybridized carbons (Fsp3) is 0.727. The van der Waals surface area contributed by atoms with Gasteiger partial charge in [-0.25, -0.2) is 4.79 Å². The molecule has 6 heteroatoms. The van der Waals surface area contributed by atoms with Crippen molar-refractivity contribution in [3.05, 3.63) is 0 Å². The van der Waals surface area contributed by atoms with Crippen molar-refractivity contribution < 1.29 is 14.8 Å². The summed E-state index contributed by atoms with van der Waals surface area (Å²) >= 11 is 0. The predicted molar refractivity (Wildman–Crippen MR) is 60.7 cm³/mol. The topological polar surface area (TPSA) is 73.2 Å². The molecule has 0 aromatic rings. The second-order valence-corrected chi connectivity index (χ2v) is 4.59. The standard InChI is InChI=1S/C11H17N3O3/c1-13-9(12-17)7-10(15)14(11(13)16)8-5-3-2-4-6-8/h8,17H,2-7H2,1H3. The van der Waals surface area contributed by atoms with Crippen molar-refractivity contribution in [2.24, 2.45) is 5.16 Å². The number of nitrogens with zero attached hydrogens (tertiary/aromatic N) is 3. The van der Waals surface area contributed by atoms with Crippen LogP contribution in [0.5, 0.6) is 0 Å². The zero-order chi connectivity index (χ0) is 12.4. The van der Waals surface area contributed by atoms with Crippen molar-refractivity contribution in [3.63, 3.8) is 0 Å². The van der Waals surface area contributed by atoms with E-state index in [9.17, 15) is 9.59 Å². The van der Waals surface area contributed by atoms with Crippen LogP contribution in [0.3, 0.4) is 0 Å². The molecule has 0 atom stereocenters. The van der Waals surface area contributed by atoms with Crippen LogP contribution in [0.15, 0.2) is 5.16 Å². The number of imide groups is 1. The summed E-state index contributed by atoms with van der Waals surface area (Å²) in [6.45, 7) is 0. The largest absolute Gasteiger partial charge is 0.409 e. The molecule has 1 saturated carbocycles. The van der Waals surface area contributed by atoms with Crippen LogP contribution in [0, 0.1) is 0 Å². The summed E-state index contributed by atoms with van der Waals surface area (Å²) < 4.78 is 0. The Hall–Kier alpha value is -1.59. The Labute approximate surface area is 99.9 Å². The Morgan fingerprint density at radius 1 is 1.24 bits per heavy atom. The van der Waals surface area contributed by atoms with E-state index in [4.69, 9.17) is 5.21 Å². The molecule has 0 bridgehead atoms. The van der Waals surface area contributed by atoms with Gasteiger partial charge in [0, 0.05) is 13.1 Å². The molecule has 1 heterocycles. The van der Waals surface area contributed by atoms with Crippen molar-refractivity contribution in [2.75, 3.05) is 7.05 Å². The monoisotopic (exact) mass is 239 g/mol. The van der Waals surface area contributed by atoms with Gasteiger partial charge in [-0.15, -0.1) is 0 Å². The zero-order valence-corrected chi connectivity index (χ0v) is 9.93. The molecule has 17 heavy (non-hydrogen) atoms. The first-order valence-corrected chi connectivity index (χ1v) is 5.96. The number of amidine groups is 1. The number of hydrogen-bond acceptors (Lipinski definition) is 4. The summed E-state index contributed by atoms with van der Waals surface area (Å²) in [5.74, 6) is -0.139. The van der Waals surface area contributed by atoms with Gasteiger partial charge in [0.05, 0.1) is 6.42 Å². The third kappa shape index (κ3) is 2.11. The maximum atomic E-state index is 12.0. The van der Waals surface area contributed by atoms with E-state index in [1.54, 1.807) is 0 Å². The molecule has 1 N–H and O–H groups in total. The number of carbonyl (C=O) groups excluding carboxylic acids is 2. The number of rotatable bonds is 1. The number of urea groups is 1. The molecular weight excluding hydrogens is 222 g/mol. The molecule has 0 unspecified atom stereocenters. The van der Waals surface area contributed by atoms with Crippen molar-refractivity contribution in [1.29, 1.82) is 0 Å². The summed E-state index contributed by atoms with van der Waals surface area (Å²) in [5, 5.41) is 11.7. The van der Waals surface area contributed by atoms with Crippen LogP contribution >= 0.6 is 0 Å². The van der Waals surface area contributed by atoms with E-state index in [1.807, 2.05) is 0 Å². The fourth-order valence-electron chi connectivity index (χ4n) is 2.52. The molecule has 1 aliphatic carbocycles. The minimum absolute atomic E-state index is 0.00472. The second kappa shape index (κ2) is 4.73. The molecule has 2 rings (SSSR count). The second-order valence-electron chi connectivity index (χ2n) is 4.59. The van der Waals surface area contributed by atoms with Gasteiger partial charge in [0.25, 0.3) is 0 Å². The molecule has 0 aromatic carbocycles. The van der Waals surface area contributed by atoms with Gasteiger partial charge in [0.2, 0.25) is 5.91 Å². The van der Waals surface area contributed by atoms with Crippen LogP contribution in [-0.4, -0.2) is 45.9 Å². The summed E-state index contributed by atoms with van der Waals surface area (Å²) in [4.78, 5) is 26.5. The van der Waals surface area contributed by atoms with Crippen LogP contribution in [0.4, 0.5) is 4.79 Å². The van der Waals surface area contributed by atoms with Crippen LogP contribution < -0.4 is 0 Å². The summed E-state index contributed by atoms with van der Waals surface area (Å²) in [7, 11) is 1.53. The number of hydrogen-bond donors (Lipinski definition) is 1. The first-order valence-electron chi connectivity index (χ1n) is 5.96. The highest BCUT2D eigenvalue weighted by atomic mass is 16.4. The highest BCUT2D eigenvalue weighted by molar-refractivity contribution is 6.15. The van der Waals surface area contributed by atoms with Gasteiger partial charge < -0.3 is 5.21 Å². The molecule has 0 radical (unpaired) electrons. The maximum Gasteiger partial charge on any atom is 0.332 e. The molecular formula is C11H17N3O3. The quantitative estimate of drug-likeness (QED) is 0.555. The number of amides is 3. The van der Waals surface area contributed by atoms with Crippen LogP contribution in [0.25, 0.3) is 0 Å². The molecule has 2 aliphatic rings. The van der Waals surface area contributed by atoms with Crippen molar-refractivity contribution in [1.82, 2.24) is 9.80 Å². The van der Waals surface area contributed by atoms with Crippen LogP contribution in [-0.2, 0) is 4.79 Å². The SMILES string of the molecule is CN1C(=O)N(C2CCCCC2)C(=O)CC1=NO. The van der Waals surface area contributed by atoms with Gasteiger partial charge in [0.15, 0.2) is 5.84 Å². The van der Waals surface area contributed by atoms with Crippen molar-refractivity contribution >= 4 is 17.8 Å². The Balaban J connectivity index is 2.17. The van der Waals surface area contributed by atoms with E-state index in [2.05, 4.69) is 5.16 Å². The fourth-order valence-corrected chi connectivity index (χ4v) is 2.52. The van der Waals surface area contributed by atoms with Crippen molar-refractivity contribution in [2.45, 2.75) is 44.6 Å². The smallest absolute Gasteiger partial charge is 0.332 e. The zero-order valence-electron chi connectivity index (χ0n) is 9.93. The summed E-state index contributed by atoms with van der Waals surface area (Å²) in [6.07, 6.45) is 5.06. The first kappa shape index (κ1) is 11.9. The Kier molecular flexibility index (Phi) is 3.31. The van der Waals surface area contributed by atoms with Gasteiger partial charge in [0.1, 0.15) is 0 Å². The average Bonchev–Trinajstić information content (AvgIpc) is 2.35. The van der Waals surface area contributed by atoms with Gasteiger partial charge >= 0.3 is 6.03 Å². The van der Waals surface area contributed by atoms with E-state index in [0.29, 0.717) is 0 Å². The third-order valence-electron chi connectivity index (χ3n) is 3.51. The molecule has 94 valence electrons. The van der Waals surface area contributed by atoms with E-state index in [1.165, 1.54) is 23.3 Å². The van der Waals surface area contributed by atoms with Crippen LogP contribution in [0.2, 0.25) is 0 Å². The van der Waals surface area contributed by atoms with E-state index < -0.39 is 0 Å². The maximum absolute atomic E-state index is 12.0. The molecule has 0 aromatic heterocycles. The van der Waals surface area contributed by atoms with Crippen LogP contribution in [0.1, 0.15) is 38.5 Å². The lowest BCUT2D eigenvalue weighted by Crippen LogP contribution is -2.57. The molecule has 1 aliphatic heterocycles. The minimum Gasteiger partial charge on any atom is -0.409 e. The molecule has 3 amide bonds. The van der Waals surface area contributed by atoms with Gasteiger partial charge in [-0.1, -0.05) is 24.4 Å². The normalized spacial score (nSPS) is 25.8. The Bertz CT molecular complexity index is 361. The van der Waals surface area contributed by atoms with Crippen molar-refractivity contribution in [3.8, 4) is 0 Å². The highest BCUT2D eigenvalue weighted by Crippen LogP contribution is 2.26. The van der Waals surface area contributed by atoms with E-state index >= 15 is 0 Å². The number of carbonyl (C=O) groups is 2. The minimum atomic E-state index is -0.374. The van der Waals surface area contributed by atoms with Gasteiger partial charge in [-0.3, -0.25) is 14.6 Å². The summed E-state index contributed by atoms with van der Waals surface area (Å²) in [5.41, 5.74) is 0. The lowest BCUT2D eigenvalue weighted by Gasteiger charge is -2.38. The van der Waals surface area contributed by atoms with E-state index in [-0.39, 0.29) is 30.2 Å². The predicted octanol–water partition coefficient (Wildman–Crippen LogP) is 1.39. The average molecular weight is 239 g/mol. The number of oxime groups is 1. The molecule has 0 spiro atoms. The lowest BCUT2D eigenvalue weighted by atomic mass is 9.93. The Morgan fingerprint density at radius 3 is 2.47 bits per heavy atom. The lowest BCUT2D eigenvalue weighted by molar-refractivity contribution is -0.130. The molecule has 2 fully saturated rings. The Morgan fingerprint density at radius 2 is 1.88 bits per heavy atom. The van der Waals surface area contributed by atoms with Gasteiger partial charge in [-0.05, 0) is 12.8 Å². The summed E-state index contributed by atoms with van der Waals surface area (Å²) in [6, 6.07) is -0.354. The van der Waals surface area contributed by atoms with E-state index in [0.717, 1.165) is 25.7 Å². The first-order chi connectivity index (χ1) is 8.15. The molecule has 6 nitrogen and oxygen atoms in total. The third-order valence-corrected chi connectivity index (χ3v) is 3.51. The molecule has 1 saturated heterocycles.